The number of likely N-dealkylation sites (tertiary alicyclic amines) is 1. The summed E-state index contributed by atoms with van der Waals surface area (Å²) in [5.74, 6) is 1.27. The van der Waals surface area contributed by atoms with Gasteiger partial charge in [-0.2, -0.15) is 17.4 Å². The molecule has 2 rings (SSSR count). The number of hydrogen-bond acceptors (Lipinski definition) is 3. The normalized spacial score (nSPS) is 38.7. The van der Waals surface area contributed by atoms with Gasteiger partial charge in [0.2, 0.25) is 0 Å². The molecule has 2 aliphatic rings. The van der Waals surface area contributed by atoms with Crippen molar-refractivity contribution in [3.63, 3.8) is 0 Å². The lowest BCUT2D eigenvalue weighted by atomic mass is 9.94. The van der Waals surface area contributed by atoms with Gasteiger partial charge in [0.1, 0.15) is 0 Å². The minimum absolute atomic E-state index is 0.0440. The molecule has 5 nitrogen and oxygen atoms in total. The van der Waals surface area contributed by atoms with Crippen molar-refractivity contribution in [2.75, 3.05) is 33.2 Å². The van der Waals surface area contributed by atoms with Crippen molar-refractivity contribution in [2.45, 2.75) is 33.2 Å². The van der Waals surface area contributed by atoms with Gasteiger partial charge in [-0.1, -0.05) is 20.8 Å². The highest BCUT2D eigenvalue weighted by molar-refractivity contribution is 7.87. The van der Waals surface area contributed by atoms with E-state index in [1.54, 1.807) is 4.31 Å². The van der Waals surface area contributed by atoms with Gasteiger partial charge in [0.15, 0.2) is 0 Å². The Morgan fingerprint density at radius 3 is 2.05 bits per heavy atom. The third-order valence-electron chi connectivity index (χ3n) is 4.27. The van der Waals surface area contributed by atoms with E-state index in [1.807, 2.05) is 7.05 Å². The van der Waals surface area contributed by atoms with E-state index < -0.39 is 10.2 Å². The Bertz CT molecular complexity index is 402. The van der Waals surface area contributed by atoms with Gasteiger partial charge in [-0.25, -0.2) is 0 Å². The quantitative estimate of drug-likeness (QED) is 0.834. The van der Waals surface area contributed by atoms with E-state index in [4.69, 9.17) is 0 Å². The molecule has 2 fully saturated rings. The third-order valence-corrected chi connectivity index (χ3v) is 5.85. The highest BCUT2D eigenvalue weighted by atomic mass is 32.2. The smallest absolute Gasteiger partial charge is 0.279 e. The van der Waals surface area contributed by atoms with Crippen molar-refractivity contribution in [1.29, 1.82) is 0 Å². The number of piperidine rings is 1. The second kappa shape index (κ2) is 5.68. The number of hydrogen-bond donors (Lipinski definition) is 1. The van der Waals surface area contributed by atoms with Crippen LogP contribution in [0.2, 0.25) is 0 Å². The summed E-state index contributed by atoms with van der Waals surface area (Å²) in [6.45, 7) is 9.43. The van der Waals surface area contributed by atoms with E-state index in [0.717, 1.165) is 19.5 Å². The molecule has 0 amide bonds. The fraction of sp³-hybridized carbons (Fsp3) is 1.00. The van der Waals surface area contributed by atoms with Gasteiger partial charge in [0, 0.05) is 32.2 Å². The van der Waals surface area contributed by atoms with Crippen LogP contribution in [0, 0.1) is 17.8 Å². The summed E-state index contributed by atoms with van der Waals surface area (Å²) in [6, 6.07) is 0.0440. The van der Waals surface area contributed by atoms with Gasteiger partial charge in [-0.3, -0.25) is 0 Å². The van der Waals surface area contributed by atoms with Crippen LogP contribution in [0.25, 0.3) is 0 Å². The first kappa shape index (κ1) is 15.2. The molecule has 112 valence electrons. The maximum atomic E-state index is 12.5. The molecule has 0 radical (unpaired) electrons. The Hall–Kier alpha value is -0.170. The fourth-order valence-corrected chi connectivity index (χ4v) is 5.17. The summed E-state index contributed by atoms with van der Waals surface area (Å²) in [5.41, 5.74) is 0. The van der Waals surface area contributed by atoms with Crippen LogP contribution in [-0.4, -0.2) is 56.9 Å². The molecule has 19 heavy (non-hydrogen) atoms. The summed E-state index contributed by atoms with van der Waals surface area (Å²) in [6.07, 6.45) is 1.12. The molecule has 0 bridgehead atoms. The SMILES string of the molecule is C[C@@H]1C[C@H](C)CN(S(=O)(=O)N[C@H]2CN(C)C[C@@H]2C)C1. The number of rotatable bonds is 3. The van der Waals surface area contributed by atoms with E-state index in [1.165, 1.54) is 0 Å². The molecule has 6 heteroatoms. The van der Waals surface area contributed by atoms with Gasteiger partial charge < -0.3 is 4.90 Å². The second-order valence-electron chi connectivity index (χ2n) is 6.69. The topological polar surface area (TPSA) is 52.7 Å². The van der Waals surface area contributed by atoms with Crippen molar-refractivity contribution < 1.29 is 8.42 Å². The Labute approximate surface area is 117 Å². The van der Waals surface area contributed by atoms with E-state index >= 15 is 0 Å². The summed E-state index contributed by atoms with van der Waals surface area (Å²) in [5, 5.41) is 0. The summed E-state index contributed by atoms with van der Waals surface area (Å²) < 4.78 is 29.5. The molecule has 2 saturated heterocycles. The molecule has 0 aromatic rings. The van der Waals surface area contributed by atoms with E-state index in [0.29, 0.717) is 30.8 Å². The molecule has 1 N–H and O–H groups in total. The summed E-state index contributed by atoms with van der Waals surface area (Å²) in [4.78, 5) is 2.18. The molecule has 4 atom stereocenters. The van der Waals surface area contributed by atoms with Gasteiger partial charge >= 0.3 is 0 Å². The Balaban J connectivity index is 2.02. The second-order valence-corrected chi connectivity index (χ2v) is 8.39. The van der Waals surface area contributed by atoms with Gasteiger partial charge in [0.05, 0.1) is 0 Å². The van der Waals surface area contributed by atoms with E-state index in [2.05, 4.69) is 30.4 Å². The van der Waals surface area contributed by atoms with Crippen molar-refractivity contribution >= 4 is 10.2 Å². The van der Waals surface area contributed by atoms with Gasteiger partial charge in [-0.05, 0) is 31.2 Å². The van der Waals surface area contributed by atoms with Crippen LogP contribution in [0.5, 0.6) is 0 Å². The molecule has 2 heterocycles. The van der Waals surface area contributed by atoms with Crippen LogP contribution in [-0.2, 0) is 10.2 Å². The van der Waals surface area contributed by atoms with Crippen LogP contribution in [0.1, 0.15) is 27.2 Å². The minimum Gasteiger partial charge on any atom is -0.304 e. The predicted molar refractivity (Wildman–Crippen MR) is 77.0 cm³/mol. The maximum absolute atomic E-state index is 12.5. The minimum atomic E-state index is -3.33. The molecular formula is C13H27N3O2S. The third kappa shape index (κ3) is 3.68. The molecule has 0 aliphatic carbocycles. The van der Waals surface area contributed by atoms with Crippen molar-refractivity contribution in [3.05, 3.63) is 0 Å². The first-order valence-corrected chi connectivity index (χ1v) is 8.68. The Morgan fingerprint density at radius 2 is 1.58 bits per heavy atom. The molecule has 0 spiro atoms. The summed E-state index contributed by atoms with van der Waals surface area (Å²) >= 11 is 0. The monoisotopic (exact) mass is 289 g/mol. The highest BCUT2D eigenvalue weighted by Gasteiger charge is 2.35. The molecule has 0 aromatic heterocycles. The molecule has 0 unspecified atom stereocenters. The van der Waals surface area contributed by atoms with E-state index in [9.17, 15) is 8.42 Å². The van der Waals surface area contributed by atoms with Crippen LogP contribution in [0.3, 0.4) is 0 Å². The lowest BCUT2D eigenvalue weighted by Gasteiger charge is -2.35. The van der Waals surface area contributed by atoms with Crippen LogP contribution in [0.15, 0.2) is 0 Å². The standard InChI is InChI=1S/C13H27N3O2S/c1-10-5-11(2)7-16(6-10)19(17,18)14-13-9-15(4)8-12(13)3/h10-14H,5-9H2,1-4H3/t10-,11+,12-,13-/m0/s1. The van der Waals surface area contributed by atoms with Crippen molar-refractivity contribution in [3.8, 4) is 0 Å². The van der Waals surface area contributed by atoms with E-state index in [-0.39, 0.29) is 6.04 Å². The van der Waals surface area contributed by atoms with Crippen LogP contribution < -0.4 is 4.72 Å². The zero-order valence-corrected chi connectivity index (χ0v) is 13.3. The number of nitrogens with one attached hydrogen (secondary N) is 1. The fourth-order valence-electron chi connectivity index (χ4n) is 3.43. The highest BCUT2D eigenvalue weighted by Crippen LogP contribution is 2.24. The summed E-state index contributed by atoms with van der Waals surface area (Å²) in [7, 11) is -1.29. The predicted octanol–water partition coefficient (Wildman–Crippen LogP) is 0.749. The largest absolute Gasteiger partial charge is 0.304 e. The van der Waals surface area contributed by atoms with Gasteiger partial charge in [0.25, 0.3) is 10.2 Å². The average Bonchev–Trinajstić information content (AvgIpc) is 2.55. The molecule has 2 aliphatic heterocycles. The Kier molecular flexibility index (Phi) is 4.55. The zero-order valence-electron chi connectivity index (χ0n) is 12.5. The number of nitrogens with zero attached hydrogens (tertiary/aromatic N) is 2. The van der Waals surface area contributed by atoms with Crippen molar-refractivity contribution in [2.24, 2.45) is 17.8 Å². The average molecular weight is 289 g/mol. The molecule has 0 saturated carbocycles. The molecule has 0 aromatic carbocycles. The lowest BCUT2D eigenvalue weighted by Crippen LogP contribution is -2.51. The maximum Gasteiger partial charge on any atom is 0.279 e. The number of likely N-dealkylation sites (N-methyl/N-ethyl adjacent to an activating group) is 1. The van der Waals surface area contributed by atoms with Crippen LogP contribution in [0.4, 0.5) is 0 Å². The van der Waals surface area contributed by atoms with Crippen molar-refractivity contribution in [1.82, 2.24) is 13.9 Å². The first-order valence-electron chi connectivity index (χ1n) is 7.24. The van der Waals surface area contributed by atoms with Crippen LogP contribution >= 0.6 is 0 Å². The molecular weight excluding hydrogens is 262 g/mol. The zero-order chi connectivity index (χ0) is 14.2. The lowest BCUT2D eigenvalue weighted by molar-refractivity contribution is 0.219. The first-order chi connectivity index (χ1) is 8.78. The van der Waals surface area contributed by atoms with Gasteiger partial charge in [-0.15, -0.1) is 0 Å². The Morgan fingerprint density at radius 1 is 1.00 bits per heavy atom.